The van der Waals surface area contributed by atoms with Crippen molar-refractivity contribution >= 4 is 5.91 Å². The van der Waals surface area contributed by atoms with Gasteiger partial charge in [-0.2, -0.15) is 0 Å². The summed E-state index contributed by atoms with van der Waals surface area (Å²) in [6.07, 6.45) is 0. The first kappa shape index (κ1) is 23.4. The van der Waals surface area contributed by atoms with Crippen molar-refractivity contribution in [1.29, 1.82) is 0 Å². The fourth-order valence-corrected chi connectivity index (χ4v) is 5.71. The molecule has 4 atom stereocenters. The minimum atomic E-state index is -0.596. The van der Waals surface area contributed by atoms with Gasteiger partial charge in [-0.1, -0.05) is 30.3 Å². The van der Waals surface area contributed by atoms with Gasteiger partial charge < -0.3 is 15.0 Å². The monoisotopic (exact) mass is 479 g/mol. The minimum absolute atomic E-state index is 0.193. The van der Waals surface area contributed by atoms with Gasteiger partial charge in [0.15, 0.2) is 0 Å². The van der Waals surface area contributed by atoms with Crippen LogP contribution in [0.5, 0.6) is 0 Å². The first-order chi connectivity index (χ1) is 16.9. The van der Waals surface area contributed by atoms with Crippen LogP contribution in [0.3, 0.4) is 0 Å². The molecule has 182 valence electrons. The van der Waals surface area contributed by atoms with E-state index in [1.54, 1.807) is 41.0 Å². The maximum Gasteiger partial charge on any atom is 0.258 e. The van der Waals surface area contributed by atoms with Crippen LogP contribution in [0, 0.1) is 23.5 Å². The average molecular weight is 480 g/mol. The Labute approximate surface area is 201 Å². The Bertz CT molecular complexity index is 1310. The number of hydrogen-bond donors (Lipinski definition) is 2. The normalized spacial score (nSPS) is 23.2. The lowest BCUT2D eigenvalue weighted by molar-refractivity contribution is -0.127. The Hall–Kier alpha value is -3.36. The number of carbonyl (C=O) groups is 1. The van der Waals surface area contributed by atoms with Crippen LogP contribution in [-0.2, 0) is 17.9 Å². The number of nitrogens with one attached hydrogen (secondary N) is 1. The lowest BCUT2D eigenvalue weighted by Gasteiger charge is -2.38. The van der Waals surface area contributed by atoms with Crippen molar-refractivity contribution in [3.05, 3.63) is 93.9 Å². The number of aliphatic hydroxyl groups is 1. The van der Waals surface area contributed by atoms with Crippen LogP contribution >= 0.6 is 0 Å². The largest absolute Gasteiger partial charge is 0.396 e. The number of aromatic nitrogens is 1. The van der Waals surface area contributed by atoms with Crippen LogP contribution in [-0.4, -0.2) is 39.7 Å². The van der Waals surface area contributed by atoms with E-state index in [9.17, 15) is 23.5 Å². The van der Waals surface area contributed by atoms with E-state index < -0.39 is 17.9 Å². The van der Waals surface area contributed by atoms with Gasteiger partial charge in [-0.25, -0.2) is 8.78 Å². The molecule has 0 aliphatic carbocycles. The van der Waals surface area contributed by atoms with Gasteiger partial charge in [-0.15, -0.1) is 0 Å². The van der Waals surface area contributed by atoms with E-state index >= 15 is 0 Å². The highest BCUT2D eigenvalue weighted by molar-refractivity contribution is 5.80. The fraction of sp³-hybridized carbons (Fsp3) is 0.333. The molecule has 8 heteroatoms. The first-order valence-corrected chi connectivity index (χ1v) is 11.8. The van der Waals surface area contributed by atoms with Gasteiger partial charge >= 0.3 is 0 Å². The molecule has 5 rings (SSSR count). The third-order valence-electron chi connectivity index (χ3n) is 7.29. The average Bonchev–Trinajstić information content (AvgIpc) is 3.06. The molecule has 2 bridgehead atoms. The molecule has 0 saturated carbocycles. The molecule has 2 aromatic carbocycles. The zero-order valence-electron chi connectivity index (χ0n) is 19.3. The van der Waals surface area contributed by atoms with Crippen LogP contribution in [0.25, 0.3) is 11.1 Å². The lowest BCUT2D eigenvalue weighted by Crippen LogP contribution is -2.46. The van der Waals surface area contributed by atoms with Crippen molar-refractivity contribution in [2.75, 3.05) is 13.2 Å². The van der Waals surface area contributed by atoms with Gasteiger partial charge in [0.2, 0.25) is 5.91 Å². The molecule has 1 amide bonds. The summed E-state index contributed by atoms with van der Waals surface area (Å²) in [5.41, 5.74) is 1.95. The SMILES string of the molecule is CCNC(=O)[C@H]1[C@H](CO)[C@H]2Cn3c(ccc(-c4ccc(F)cc4)c3=O)[C@@H]1N2Cc1ccccc1F. The Balaban J connectivity index is 1.63. The van der Waals surface area contributed by atoms with Crippen molar-refractivity contribution in [2.45, 2.75) is 32.1 Å². The number of rotatable bonds is 6. The number of halogens is 2. The predicted molar refractivity (Wildman–Crippen MR) is 127 cm³/mol. The zero-order valence-corrected chi connectivity index (χ0v) is 19.3. The number of fused-ring (bicyclic) bond motifs is 4. The van der Waals surface area contributed by atoms with Crippen LogP contribution in [0.1, 0.15) is 24.2 Å². The van der Waals surface area contributed by atoms with Gasteiger partial charge in [0.25, 0.3) is 5.56 Å². The number of hydrogen-bond acceptors (Lipinski definition) is 4. The quantitative estimate of drug-likeness (QED) is 0.570. The van der Waals surface area contributed by atoms with E-state index in [4.69, 9.17) is 0 Å². The zero-order chi connectivity index (χ0) is 24.7. The van der Waals surface area contributed by atoms with E-state index in [1.165, 1.54) is 18.2 Å². The van der Waals surface area contributed by atoms with Crippen molar-refractivity contribution in [3.63, 3.8) is 0 Å². The number of nitrogens with zero attached hydrogens (tertiary/aromatic N) is 2. The molecule has 2 N–H and O–H groups in total. The van der Waals surface area contributed by atoms with E-state index in [0.717, 1.165) is 0 Å². The van der Waals surface area contributed by atoms with E-state index in [0.29, 0.717) is 28.9 Å². The first-order valence-electron chi connectivity index (χ1n) is 11.8. The molecular weight excluding hydrogens is 452 g/mol. The van der Waals surface area contributed by atoms with Gasteiger partial charge in [0.1, 0.15) is 11.6 Å². The second kappa shape index (κ2) is 9.36. The van der Waals surface area contributed by atoms with Gasteiger partial charge in [0, 0.05) is 55.0 Å². The third kappa shape index (κ3) is 3.96. The van der Waals surface area contributed by atoms with Crippen molar-refractivity contribution in [1.82, 2.24) is 14.8 Å². The summed E-state index contributed by atoms with van der Waals surface area (Å²) in [7, 11) is 0. The highest BCUT2D eigenvalue weighted by Crippen LogP contribution is 2.49. The Morgan fingerprint density at radius 2 is 1.83 bits per heavy atom. The van der Waals surface area contributed by atoms with Crippen molar-refractivity contribution < 1.29 is 18.7 Å². The molecule has 35 heavy (non-hydrogen) atoms. The molecule has 1 fully saturated rings. The smallest absolute Gasteiger partial charge is 0.258 e. The summed E-state index contributed by atoms with van der Waals surface area (Å²) >= 11 is 0. The second-order valence-corrected chi connectivity index (χ2v) is 9.14. The van der Waals surface area contributed by atoms with Gasteiger partial charge in [-0.05, 0) is 42.8 Å². The van der Waals surface area contributed by atoms with Crippen molar-refractivity contribution in [3.8, 4) is 11.1 Å². The summed E-state index contributed by atoms with van der Waals surface area (Å²) in [5, 5.41) is 13.2. The van der Waals surface area contributed by atoms with Crippen molar-refractivity contribution in [2.24, 2.45) is 11.8 Å². The molecule has 0 unspecified atom stereocenters. The molecular formula is C27H27F2N3O3. The summed E-state index contributed by atoms with van der Waals surface area (Å²) in [4.78, 5) is 28.8. The number of aliphatic hydroxyl groups excluding tert-OH is 1. The summed E-state index contributed by atoms with van der Waals surface area (Å²) in [5.74, 6) is -1.93. The molecule has 1 aromatic heterocycles. The van der Waals surface area contributed by atoms with E-state index in [2.05, 4.69) is 5.32 Å². The molecule has 0 radical (unpaired) electrons. The Morgan fingerprint density at radius 1 is 1.09 bits per heavy atom. The third-order valence-corrected chi connectivity index (χ3v) is 7.29. The lowest BCUT2D eigenvalue weighted by atomic mass is 9.86. The maximum atomic E-state index is 14.6. The summed E-state index contributed by atoms with van der Waals surface area (Å²) < 4.78 is 29.7. The van der Waals surface area contributed by atoms with Crippen LogP contribution in [0.4, 0.5) is 8.78 Å². The molecule has 6 nitrogen and oxygen atoms in total. The number of amides is 1. The number of pyridine rings is 1. The Morgan fingerprint density at radius 3 is 2.51 bits per heavy atom. The number of benzene rings is 2. The molecule has 0 spiro atoms. The Kier molecular flexibility index (Phi) is 6.25. The van der Waals surface area contributed by atoms with Crippen LogP contribution in [0.2, 0.25) is 0 Å². The standard InChI is InChI=1S/C27H27F2N3O3/c1-2-30-26(34)24-20(15-33)23-14-32-22(25(24)31(23)13-17-5-3-4-6-21(17)29)12-11-19(27(32)35)16-7-9-18(28)10-8-16/h3-12,20,23-25,33H,2,13-15H2,1H3,(H,30,34)/t20-,23-,24+,25+/m1/s1. The minimum Gasteiger partial charge on any atom is -0.396 e. The number of carbonyl (C=O) groups excluding carboxylic acids is 1. The molecule has 2 aliphatic rings. The highest BCUT2D eigenvalue weighted by Gasteiger charge is 2.55. The summed E-state index contributed by atoms with van der Waals surface area (Å²) in [6.45, 7) is 2.55. The van der Waals surface area contributed by atoms with E-state index in [1.807, 2.05) is 17.9 Å². The van der Waals surface area contributed by atoms with Gasteiger partial charge in [0.05, 0.1) is 12.0 Å². The molecule has 2 aliphatic heterocycles. The topological polar surface area (TPSA) is 74.6 Å². The van der Waals surface area contributed by atoms with Gasteiger partial charge in [-0.3, -0.25) is 14.5 Å². The molecule has 3 aromatic rings. The van der Waals surface area contributed by atoms with E-state index in [-0.39, 0.29) is 48.8 Å². The molecule has 1 saturated heterocycles. The fourth-order valence-electron chi connectivity index (χ4n) is 5.71. The summed E-state index contributed by atoms with van der Waals surface area (Å²) in [6, 6.07) is 14.9. The van der Waals surface area contributed by atoms with Crippen LogP contribution < -0.4 is 10.9 Å². The highest BCUT2D eigenvalue weighted by atomic mass is 19.1. The molecule has 3 heterocycles. The maximum absolute atomic E-state index is 14.6. The van der Waals surface area contributed by atoms with Crippen LogP contribution in [0.15, 0.2) is 65.5 Å². The predicted octanol–water partition coefficient (Wildman–Crippen LogP) is 3.09. The second-order valence-electron chi connectivity index (χ2n) is 9.14.